The lowest BCUT2D eigenvalue weighted by atomic mass is 10.0. The largest absolute Gasteiger partial charge is 0.103 e. The highest BCUT2D eigenvalue weighted by Crippen LogP contribution is 2.14. The van der Waals surface area contributed by atoms with Crippen molar-refractivity contribution >= 4 is 0 Å². The summed E-state index contributed by atoms with van der Waals surface area (Å²) in [5, 5.41) is 0. The molecule has 0 aliphatic carbocycles. The van der Waals surface area contributed by atoms with Crippen LogP contribution in [0.1, 0.15) is 110 Å². The molecule has 0 bridgehead atoms. The molecule has 120 valence electrons. The number of hydrogen-bond donors (Lipinski definition) is 0. The molecule has 0 spiro atoms. The van der Waals surface area contributed by atoms with E-state index in [-0.39, 0.29) is 0 Å². The van der Waals surface area contributed by atoms with Crippen LogP contribution in [0.15, 0.2) is 12.7 Å². The normalized spacial score (nSPS) is 12.5. The number of rotatable bonds is 16. The Hall–Kier alpha value is -0.260. The SMILES string of the molecule is C=CC(C)CCCCCCCCCCCCCCCC. The Morgan fingerprint density at radius 2 is 1.00 bits per heavy atom. The van der Waals surface area contributed by atoms with Gasteiger partial charge < -0.3 is 0 Å². The number of hydrogen-bond acceptors (Lipinski definition) is 0. The van der Waals surface area contributed by atoms with Crippen molar-refractivity contribution in [2.24, 2.45) is 5.92 Å². The third kappa shape index (κ3) is 15.8. The van der Waals surface area contributed by atoms with E-state index >= 15 is 0 Å². The van der Waals surface area contributed by atoms with Crippen molar-refractivity contribution in [3.05, 3.63) is 12.7 Å². The summed E-state index contributed by atoms with van der Waals surface area (Å²) in [5.74, 6) is 0.715. The molecule has 0 radical (unpaired) electrons. The molecule has 0 saturated carbocycles. The van der Waals surface area contributed by atoms with Gasteiger partial charge in [-0.3, -0.25) is 0 Å². The summed E-state index contributed by atoms with van der Waals surface area (Å²) < 4.78 is 0. The molecular weight excluding hydrogens is 240 g/mol. The molecule has 0 nitrogen and oxygen atoms in total. The number of unbranched alkanes of at least 4 members (excludes halogenated alkanes) is 13. The van der Waals surface area contributed by atoms with Gasteiger partial charge in [-0.2, -0.15) is 0 Å². The lowest BCUT2D eigenvalue weighted by Gasteiger charge is -2.05. The van der Waals surface area contributed by atoms with Gasteiger partial charge in [-0.15, -0.1) is 6.58 Å². The second-order valence-electron chi connectivity index (χ2n) is 6.60. The molecule has 0 fully saturated rings. The van der Waals surface area contributed by atoms with E-state index in [2.05, 4.69) is 26.5 Å². The lowest BCUT2D eigenvalue weighted by Crippen LogP contribution is -1.89. The van der Waals surface area contributed by atoms with Crippen molar-refractivity contribution in [1.29, 1.82) is 0 Å². The highest BCUT2D eigenvalue weighted by Gasteiger charge is 1.96. The highest BCUT2D eigenvalue weighted by atomic mass is 14.0. The zero-order valence-corrected chi connectivity index (χ0v) is 14.5. The second-order valence-corrected chi connectivity index (χ2v) is 6.60. The van der Waals surface area contributed by atoms with E-state index in [9.17, 15) is 0 Å². The van der Waals surface area contributed by atoms with Gasteiger partial charge in [-0.05, 0) is 12.3 Å². The Morgan fingerprint density at radius 3 is 1.35 bits per heavy atom. The van der Waals surface area contributed by atoms with Gasteiger partial charge >= 0.3 is 0 Å². The molecule has 0 N–H and O–H groups in total. The van der Waals surface area contributed by atoms with E-state index in [1.54, 1.807) is 0 Å². The maximum absolute atomic E-state index is 3.85. The summed E-state index contributed by atoms with van der Waals surface area (Å²) in [4.78, 5) is 0. The fourth-order valence-electron chi connectivity index (χ4n) is 2.78. The molecule has 0 heteroatoms. The Morgan fingerprint density at radius 1 is 0.650 bits per heavy atom. The molecular formula is C20H40. The molecule has 1 unspecified atom stereocenters. The summed E-state index contributed by atoms with van der Waals surface area (Å²) in [6.45, 7) is 8.41. The standard InChI is InChI=1S/C20H40/c1-4-6-7-8-9-10-11-12-13-14-15-16-17-18-19-20(3)5-2/h5,20H,2,4,6-19H2,1,3H3. The molecule has 0 rings (SSSR count). The van der Waals surface area contributed by atoms with Gasteiger partial charge in [-0.25, -0.2) is 0 Å². The van der Waals surface area contributed by atoms with Gasteiger partial charge in [0.2, 0.25) is 0 Å². The van der Waals surface area contributed by atoms with Crippen LogP contribution >= 0.6 is 0 Å². The predicted octanol–water partition coefficient (Wildman–Crippen LogP) is 7.68. The van der Waals surface area contributed by atoms with Gasteiger partial charge in [0.15, 0.2) is 0 Å². The van der Waals surface area contributed by atoms with Crippen LogP contribution in [0.2, 0.25) is 0 Å². The van der Waals surface area contributed by atoms with Gasteiger partial charge in [0.25, 0.3) is 0 Å². The van der Waals surface area contributed by atoms with E-state index in [0.29, 0.717) is 5.92 Å². The third-order valence-corrected chi connectivity index (χ3v) is 4.42. The van der Waals surface area contributed by atoms with Crippen molar-refractivity contribution in [2.45, 2.75) is 110 Å². The Labute approximate surface area is 129 Å². The molecule has 0 saturated heterocycles. The summed E-state index contributed by atoms with van der Waals surface area (Å²) in [6.07, 6.45) is 23.7. The fraction of sp³-hybridized carbons (Fsp3) is 0.900. The van der Waals surface area contributed by atoms with Crippen molar-refractivity contribution in [1.82, 2.24) is 0 Å². The lowest BCUT2D eigenvalue weighted by molar-refractivity contribution is 0.519. The highest BCUT2D eigenvalue weighted by molar-refractivity contribution is 4.74. The molecule has 0 aromatic rings. The molecule has 0 aromatic carbocycles. The first kappa shape index (κ1) is 19.7. The Balaban J connectivity index is 2.97. The topological polar surface area (TPSA) is 0 Å². The minimum Gasteiger partial charge on any atom is -0.103 e. The van der Waals surface area contributed by atoms with Crippen LogP contribution in [0.3, 0.4) is 0 Å². The molecule has 0 aromatic heterocycles. The van der Waals surface area contributed by atoms with E-state index in [4.69, 9.17) is 0 Å². The van der Waals surface area contributed by atoms with Crippen LogP contribution < -0.4 is 0 Å². The van der Waals surface area contributed by atoms with E-state index in [1.807, 2.05) is 0 Å². The molecule has 20 heavy (non-hydrogen) atoms. The van der Waals surface area contributed by atoms with E-state index in [1.165, 1.54) is 96.3 Å². The molecule has 0 aliphatic rings. The van der Waals surface area contributed by atoms with Crippen LogP contribution in [0.5, 0.6) is 0 Å². The fourth-order valence-corrected chi connectivity index (χ4v) is 2.78. The smallest absolute Gasteiger partial charge is 0.0265 e. The molecule has 0 heterocycles. The predicted molar refractivity (Wildman–Crippen MR) is 94.3 cm³/mol. The van der Waals surface area contributed by atoms with Gasteiger partial charge in [-0.1, -0.05) is 110 Å². The van der Waals surface area contributed by atoms with Gasteiger partial charge in [0.05, 0.1) is 0 Å². The van der Waals surface area contributed by atoms with Gasteiger partial charge in [0, 0.05) is 0 Å². The molecule has 1 atom stereocenters. The minimum atomic E-state index is 0.715. The van der Waals surface area contributed by atoms with Crippen molar-refractivity contribution in [2.75, 3.05) is 0 Å². The average Bonchev–Trinajstić information content (AvgIpc) is 2.47. The first-order chi connectivity index (χ1) is 9.81. The van der Waals surface area contributed by atoms with Crippen LogP contribution in [0, 0.1) is 5.92 Å². The quantitative estimate of drug-likeness (QED) is 0.201. The summed E-state index contributed by atoms with van der Waals surface area (Å²) in [7, 11) is 0. The Kier molecular flexibility index (Phi) is 16.6. The zero-order chi connectivity index (χ0) is 14.9. The minimum absolute atomic E-state index is 0.715. The van der Waals surface area contributed by atoms with Crippen LogP contribution in [0.4, 0.5) is 0 Å². The molecule has 0 aliphatic heterocycles. The van der Waals surface area contributed by atoms with Crippen molar-refractivity contribution in [3.8, 4) is 0 Å². The van der Waals surface area contributed by atoms with Crippen LogP contribution in [0.25, 0.3) is 0 Å². The first-order valence-corrected chi connectivity index (χ1v) is 9.43. The maximum atomic E-state index is 3.85. The van der Waals surface area contributed by atoms with Crippen molar-refractivity contribution in [3.63, 3.8) is 0 Å². The summed E-state index contributed by atoms with van der Waals surface area (Å²) >= 11 is 0. The third-order valence-electron chi connectivity index (χ3n) is 4.42. The van der Waals surface area contributed by atoms with Crippen LogP contribution in [-0.2, 0) is 0 Å². The second kappa shape index (κ2) is 16.8. The van der Waals surface area contributed by atoms with Crippen molar-refractivity contribution < 1.29 is 0 Å². The summed E-state index contributed by atoms with van der Waals surface area (Å²) in [5.41, 5.74) is 0. The molecule has 0 amide bonds. The average molecular weight is 281 g/mol. The number of allylic oxidation sites excluding steroid dienone is 1. The zero-order valence-electron chi connectivity index (χ0n) is 14.5. The van der Waals surface area contributed by atoms with Crippen LogP contribution in [-0.4, -0.2) is 0 Å². The first-order valence-electron chi connectivity index (χ1n) is 9.43. The van der Waals surface area contributed by atoms with E-state index in [0.717, 1.165) is 0 Å². The van der Waals surface area contributed by atoms with Gasteiger partial charge in [0.1, 0.15) is 0 Å². The maximum Gasteiger partial charge on any atom is -0.0265 e. The van der Waals surface area contributed by atoms with E-state index < -0.39 is 0 Å². The monoisotopic (exact) mass is 280 g/mol. The summed E-state index contributed by atoms with van der Waals surface area (Å²) in [6, 6.07) is 0. The Bertz CT molecular complexity index is 182.